The predicted octanol–water partition coefficient (Wildman–Crippen LogP) is 3.57. The summed E-state index contributed by atoms with van der Waals surface area (Å²) < 4.78 is 47.6. The van der Waals surface area contributed by atoms with Crippen LogP contribution in [0.3, 0.4) is 0 Å². The zero-order valence-electron chi connectivity index (χ0n) is 13.8. The van der Waals surface area contributed by atoms with Crippen molar-refractivity contribution < 1.29 is 22.7 Å². The van der Waals surface area contributed by atoms with Crippen molar-refractivity contribution in [2.75, 3.05) is 6.61 Å². The topological polar surface area (TPSA) is 56.2 Å². The van der Waals surface area contributed by atoms with Crippen molar-refractivity contribution >= 4 is 17.5 Å². The van der Waals surface area contributed by atoms with Crippen LogP contribution in [0.4, 0.5) is 13.2 Å². The minimum atomic E-state index is -3.10. The Morgan fingerprint density at radius 1 is 1.42 bits per heavy atom. The molecule has 1 N–H and O–H groups in total. The van der Waals surface area contributed by atoms with Crippen LogP contribution in [-0.4, -0.2) is 34.3 Å². The molecule has 0 spiro atoms. The Morgan fingerprint density at radius 2 is 2.15 bits per heavy atom. The molecular weight excluding hydrogens is 371 g/mol. The number of ether oxygens (including phenoxy) is 1. The third-order valence-electron chi connectivity index (χ3n) is 4.37. The number of fused-ring (bicyclic) bond motifs is 1. The van der Waals surface area contributed by atoms with E-state index < -0.39 is 30.8 Å². The van der Waals surface area contributed by atoms with Gasteiger partial charge in [-0.3, -0.25) is 4.79 Å². The van der Waals surface area contributed by atoms with Gasteiger partial charge in [-0.25, -0.2) is 17.9 Å². The lowest BCUT2D eigenvalue weighted by molar-refractivity contribution is -0.0793. The first-order chi connectivity index (χ1) is 12.2. The first kappa shape index (κ1) is 17.2. The fourth-order valence-corrected chi connectivity index (χ4v) is 3.16. The van der Waals surface area contributed by atoms with Crippen molar-refractivity contribution in [1.82, 2.24) is 15.1 Å². The number of carbonyl (C=O) groups is 1. The molecule has 0 bridgehead atoms. The van der Waals surface area contributed by atoms with Crippen molar-refractivity contribution in [1.29, 1.82) is 0 Å². The van der Waals surface area contributed by atoms with Crippen LogP contribution in [0.1, 0.15) is 28.9 Å². The second-order valence-corrected chi connectivity index (χ2v) is 7.07. The number of nitrogens with zero attached hydrogens (tertiary/aromatic N) is 2. The molecule has 0 unspecified atom stereocenters. The van der Waals surface area contributed by atoms with Gasteiger partial charge in [-0.2, -0.15) is 5.10 Å². The van der Waals surface area contributed by atoms with Crippen molar-refractivity contribution in [3.8, 4) is 17.0 Å². The van der Waals surface area contributed by atoms with Crippen LogP contribution in [0.25, 0.3) is 11.1 Å². The molecular formula is C17H15ClF3N3O2. The highest BCUT2D eigenvalue weighted by molar-refractivity contribution is 6.30. The molecule has 0 saturated heterocycles. The maximum Gasteiger partial charge on any atom is 0.300 e. The fourth-order valence-electron chi connectivity index (χ4n) is 2.94. The zero-order valence-corrected chi connectivity index (χ0v) is 14.5. The molecule has 5 nitrogen and oxygen atoms in total. The molecule has 138 valence electrons. The van der Waals surface area contributed by atoms with E-state index in [1.54, 1.807) is 6.92 Å². The van der Waals surface area contributed by atoms with Crippen LogP contribution < -0.4 is 10.1 Å². The molecule has 4 rings (SSSR count). The Hall–Kier alpha value is -2.22. The summed E-state index contributed by atoms with van der Waals surface area (Å²) in [5, 5.41) is 6.75. The maximum absolute atomic E-state index is 14.0. The van der Waals surface area contributed by atoms with E-state index in [0.29, 0.717) is 11.1 Å². The van der Waals surface area contributed by atoms with Gasteiger partial charge in [-0.05, 0) is 43.0 Å². The molecule has 1 fully saturated rings. The number of benzene rings is 1. The largest absolute Gasteiger partial charge is 0.471 e. The molecule has 1 aromatic heterocycles. The van der Waals surface area contributed by atoms with Crippen molar-refractivity contribution in [3.05, 3.63) is 34.2 Å². The minimum absolute atomic E-state index is 0.0293. The number of aryl methyl sites for hydroxylation is 1. The van der Waals surface area contributed by atoms with Gasteiger partial charge in [-0.1, -0.05) is 11.6 Å². The average molecular weight is 386 g/mol. The van der Waals surface area contributed by atoms with E-state index in [9.17, 15) is 18.0 Å². The summed E-state index contributed by atoms with van der Waals surface area (Å²) in [6, 6.07) is 2.63. The van der Waals surface area contributed by atoms with E-state index >= 15 is 0 Å². The van der Waals surface area contributed by atoms with Gasteiger partial charge in [0, 0.05) is 6.04 Å². The normalized spacial score (nSPS) is 18.2. The van der Waals surface area contributed by atoms with Crippen molar-refractivity contribution in [2.24, 2.45) is 0 Å². The number of halogens is 4. The maximum atomic E-state index is 14.0. The molecule has 1 aliphatic heterocycles. The summed E-state index contributed by atoms with van der Waals surface area (Å²) in [5.41, 5.74) is 1.05. The van der Waals surface area contributed by atoms with Crippen LogP contribution in [-0.2, 0) is 6.54 Å². The van der Waals surface area contributed by atoms with Gasteiger partial charge in [-0.15, -0.1) is 0 Å². The Morgan fingerprint density at radius 3 is 2.85 bits per heavy atom. The summed E-state index contributed by atoms with van der Waals surface area (Å²) in [7, 11) is 0. The predicted molar refractivity (Wildman–Crippen MR) is 88.3 cm³/mol. The monoisotopic (exact) mass is 385 g/mol. The van der Waals surface area contributed by atoms with Gasteiger partial charge in [0.2, 0.25) is 5.88 Å². The number of rotatable bonds is 3. The van der Waals surface area contributed by atoms with E-state index in [4.69, 9.17) is 16.3 Å². The lowest BCUT2D eigenvalue weighted by Gasteiger charge is -2.24. The summed E-state index contributed by atoms with van der Waals surface area (Å²) in [4.78, 5) is 12.6. The molecule has 1 amide bonds. The Balaban J connectivity index is 1.87. The Kier molecular flexibility index (Phi) is 3.91. The average Bonchev–Trinajstić information content (AvgIpc) is 3.29. The molecule has 1 aromatic carbocycles. The first-order valence-corrected chi connectivity index (χ1v) is 8.51. The van der Waals surface area contributed by atoms with Crippen molar-refractivity contribution in [3.63, 3.8) is 0 Å². The molecule has 1 saturated carbocycles. The van der Waals surface area contributed by atoms with Gasteiger partial charge in [0.1, 0.15) is 12.4 Å². The lowest BCUT2D eigenvalue weighted by Crippen LogP contribution is -2.36. The number of hydrogen-bond acceptors (Lipinski definition) is 3. The number of nitrogens with one attached hydrogen (secondary N) is 1. The van der Waals surface area contributed by atoms with E-state index in [1.165, 1.54) is 12.1 Å². The van der Waals surface area contributed by atoms with Crippen LogP contribution in [0, 0.1) is 12.7 Å². The molecule has 2 heterocycles. The minimum Gasteiger partial charge on any atom is -0.471 e. The molecule has 26 heavy (non-hydrogen) atoms. The quantitative estimate of drug-likeness (QED) is 0.878. The summed E-state index contributed by atoms with van der Waals surface area (Å²) in [6.07, 6.45) is 1.72. The standard InChI is InChI=1S/C17H15ClF3N3O2/c1-8-4-11(18)12(19)5-10(8)13-14(15(25)22-9-2-3-9)23-24-6-17(20,21)7-26-16(13)24/h4-5,9H,2-3,6-7H2,1H3,(H,22,25). The third kappa shape index (κ3) is 3.02. The van der Waals surface area contributed by atoms with Crippen molar-refractivity contribution in [2.45, 2.75) is 38.3 Å². The highest BCUT2D eigenvalue weighted by Gasteiger charge is 2.40. The second-order valence-electron chi connectivity index (χ2n) is 6.66. The first-order valence-electron chi connectivity index (χ1n) is 8.13. The van der Waals surface area contributed by atoms with Gasteiger partial charge in [0.15, 0.2) is 12.3 Å². The number of aromatic nitrogens is 2. The molecule has 0 radical (unpaired) electrons. The molecule has 9 heteroatoms. The van der Waals surface area contributed by atoms with Crippen LogP contribution in [0.2, 0.25) is 5.02 Å². The number of carbonyl (C=O) groups excluding carboxylic acids is 1. The van der Waals surface area contributed by atoms with Gasteiger partial charge in [0.05, 0.1) is 10.6 Å². The second kappa shape index (κ2) is 5.90. The molecule has 2 aliphatic rings. The van der Waals surface area contributed by atoms with E-state index in [-0.39, 0.29) is 28.2 Å². The lowest BCUT2D eigenvalue weighted by atomic mass is 9.99. The highest BCUT2D eigenvalue weighted by atomic mass is 35.5. The van der Waals surface area contributed by atoms with E-state index in [1.807, 2.05) is 0 Å². The number of amides is 1. The van der Waals surface area contributed by atoms with Gasteiger partial charge >= 0.3 is 5.92 Å². The van der Waals surface area contributed by atoms with E-state index in [0.717, 1.165) is 17.5 Å². The van der Waals surface area contributed by atoms with Gasteiger partial charge in [0.25, 0.3) is 5.91 Å². The van der Waals surface area contributed by atoms with E-state index in [2.05, 4.69) is 10.4 Å². The summed E-state index contributed by atoms with van der Waals surface area (Å²) in [5.74, 6) is -4.24. The fraction of sp³-hybridized carbons (Fsp3) is 0.412. The molecule has 1 aliphatic carbocycles. The third-order valence-corrected chi connectivity index (χ3v) is 4.66. The van der Waals surface area contributed by atoms with Gasteiger partial charge < -0.3 is 10.1 Å². The zero-order chi connectivity index (χ0) is 18.6. The molecule has 0 atom stereocenters. The summed E-state index contributed by atoms with van der Waals surface area (Å²) >= 11 is 5.80. The Labute approximate surface area is 152 Å². The highest BCUT2D eigenvalue weighted by Crippen LogP contribution is 2.41. The number of alkyl halides is 2. The number of hydrogen-bond donors (Lipinski definition) is 1. The molecule has 2 aromatic rings. The smallest absolute Gasteiger partial charge is 0.300 e. The Bertz CT molecular complexity index is 909. The van der Waals surface area contributed by atoms with Crippen LogP contribution >= 0.6 is 11.6 Å². The summed E-state index contributed by atoms with van der Waals surface area (Å²) in [6.45, 7) is 0.149. The SMILES string of the molecule is Cc1cc(Cl)c(F)cc1-c1c(C(=O)NC2CC2)nn2c1OCC(F)(F)C2. The van der Waals surface area contributed by atoms with Crippen LogP contribution in [0.15, 0.2) is 12.1 Å². The van der Waals surface area contributed by atoms with Crippen LogP contribution in [0.5, 0.6) is 5.88 Å².